The van der Waals surface area contributed by atoms with Crippen molar-refractivity contribution in [2.45, 2.75) is 31.6 Å². The van der Waals surface area contributed by atoms with E-state index in [9.17, 15) is 22.8 Å². The number of carbonyl (C=O) groups excluding carboxylic acids is 1. The van der Waals surface area contributed by atoms with Crippen LogP contribution in [-0.2, 0) is 4.79 Å². The van der Waals surface area contributed by atoms with Gasteiger partial charge in [0.2, 0.25) is 0 Å². The van der Waals surface area contributed by atoms with E-state index < -0.39 is 24.3 Å². The van der Waals surface area contributed by atoms with Gasteiger partial charge in [-0.15, -0.1) is 0 Å². The van der Waals surface area contributed by atoms with E-state index in [2.05, 4.69) is 0 Å². The van der Waals surface area contributed by atoms with Gasteiger partial charge in [-0.3, -0.25) is 9.69 Å². The highest BCUT2D eigenvalue weighted by atomic mass is 19.4. The Morgan fingerprint density at radius 2 is 1.94 bits per heavy atom. The molecule has 1 aliphatic rings. The van der Waals surface area contributed by atoms with Gasteiger partial charge in [0.15, 0.2) is 0 Å². The van der Waals surface area contributed by atoms with Crippen LogP contribution in [0.1, 0.15) is 19.3 Å². The highest BCUT2D eigenvalue weighted by Gasteiger charge is 2.41. The zero-order valence-electron chi connectivity index (χ0n) is 8.25. The third-order valence-electron chi connectivity index (χ3n) is 2.30. The number of nitrogens with zero attached hydrogens (tertiary/aromatic N) is 1. The van der Waals surface area contributed by atoms with Crippen LogP contribution < -0.4 is 5.32 Å². The van der Waals surface area contributed by atoms with Gasteiger partial charge in [0.25, 0.3) is 0 Å². The molecule has 1 unspecified atom stereocenters. The zero-order chi connectivity index (χ0) is 12.3. The number of carbonyl (C=O) groups is 2. The van der Waals surface area contributed by atoms with Crippen molar-refractivity contribution in [2.24, 2.45) is 0 Å². The molecular weight excluding hydrogens is 229 g/mol. The summed E-state index contributed by atoms with van der Waals surface area (Å²) in [7, 11) is 0. The van der Waals surface area contributed by atoms with Crippen molar-refractivity contribution in [3.63, 3.8) is 0 Å². The Labute approximate surface area is 89.2 Å². The average Bonchev–Trinajstić information content (AvgIpc) is 2.16. The average molecular weight is 240 g/mol. The molecule has 1 fully saturated rings. The molecular formula is C8H11F3N2O3. The van der Waals surface area contributed by atoms with Crippen LogP contribution in [0.3, 0.4) is 0 Å². The van der Waals surface area contributed by atoms with Crippen molar-refractivity contribution < 1.29 is 27.9 Å². The molecule has 16 heavy (non-hydrogen) atoms. The first kappa shape index (κ1) is 12.6. The maximum Gasteiger partial charge on any atom is 0.471 e. The molecule has 1 atom stereocenters. The minimum absolute atomic E-state index is 0.137. The van der Waals surface area contributed by atoms with Gasteiger partial charge in [0, 0.05) is 6.54 Å². The van der Waals surface area contributed by atoms with Gasteiger partial charge in [0.05, 0.1) is 0 Å². The predicted octanol–water partition coefficient (Wildman–Crippen LogP) is 1.15. The van der Waals surface area contributed by atoms with Crippen molar-refractivity contribution in [1.82, 2.24) is 10.2 Å². The smallest absolute Gasteiger partial charge is 0.465 e. The Kier molecular flexibility index (Phi) is 3.61. The number of likely N-dealkylation sites (tertiary alicyclic amines) is 1. The van der Waals surface area contributed by atoms with Gasteiger partial charge in [-0.05, 0) is 19.3 Å². The van der Waals surface area contributed by atoms with Gasteiger partial charge in [-0.1, -0.05) is 0 Å². The summed E-state index contributed by atoms with van der Waals surface area (Å²) >= 11 is 0. The lowest BCUT2D eigenvalue weighted by atomic mass is 10.1. The minimum atomic E-state index is -4.98. The molecule has 0 aromatic rings. The summed E-state index contributed by atoms with van der Waals surface area (Å²) in [6.07, 6.45) is -6.01. The normalized spacial score (nSPS) is 21.7. The molecule has 0 spiro atoms. The third-order valence-corrected chi connectivity index (χ3v) is 2.30. The number of nitrogens with one attached hydrogen (secondary N) is 1. The quantitative estimate of drug-likeness (QED) is 0.722. The largest absolute Gasteiger partial charge is 0.471 e. The van der Waals surface area contributed by atoms with Crippen molar-refractivity contribution in [1.29, 1.82) is 0 Å². The molecule has 0 aromatic carbocycles. The lowest BCUT2D eigenvalue weighted by molar-refractivity contribution is -0.175. The van der Waals surface area contributed by atoms with Gasteiger partial charge in [0.1, 0.15) is 6.17 Å². The maximum absolute atomic E-state index is 12.0. The SMILES string of the molecule is O=C(O)N1CCCCC1NC(=O)C(F)(F)F. The molecule has 1 aliphatic heterocycles. The Balaban J connectivity index is 2.63. The third kappa shape index (κ3) is 3.01. The fourth-order valence-electron chi connectivity index (χ4n) is 1.54. The second-order valence-corrected chi connectivity index (χ2v) is 3.46. The molecule has 0 aromatic heterocycles. The van der Waals surface area contributed by atoms with Crippen LogP contribution in [-0.4, -0.2) is 40.9 Å². The van der Waals surface area contributed by atoms with E-state index in [1.54, 1.807) is 5.32 Å². The zero-order valence-corrected chi connectivity index (χ0v) is 8.25. The van der Waals surface area contributed by atoms with Crippen LogP contribution in [0.2, 0.25) is 0 Å². The molecule has 2 N–H and O–H groups in total. The van der Waals surface area contributed by atoms with Crippen LogP contribution in [0.5, 0.6) is 0 Å². The van der Waals surface area contributed by atoms with Crippen LogP contribution >= 0.6 is 0 Å². The first-order valence-electron chi connectivity index (χ1n) is 4.69. The summed E-state index contributed by atoms with van der Waals surface area (Å²) in [6, 6.07) is 0. The van der Waals surface area contributed by atoms with E-state index in [1.165, 1.54) is 0 Å². The highest BCUT2D eigenvalue weighted by Crippen LogP contribution is 2.19. The number of piperidine rings is 1. The second kappa shape index (κ2) is 4.58. The van der Waals surface area contributed by atoms with Gasteiger partial charge < -0.3 is 10.4 Å². The first-order valence-corrected chi connectivity index (χ1v) is 4.69. The van der Waals surface area contributed by atoms with Crippen molar-refractivity contribution in [3.05, 3.63) is 0 Å². The number of halogens is 3. The number of amides is 2. The van der Waals surface area contributed by atoms with E-state index in [-0.39, 0.29) is 13.0 Å². The number of rotatable bonds is 1. The number of alkyl halides is 3. The maximum atomic E-state index is 12.0. The first-order chi connectivity index (χ1) is 7.32. The van der Waals surface area contributed by atoms with E-state index in [4.69, 9.17) is 5.11 Å². The number of carboxylic acid groups (broad SMARTS) is 1. The molecule has 1 rings (SSSR count). The number of hydrogen-bond donors (Lipinski definition) is 2. The Hall–Kier alpha value is -1.47. The summed E-state index contributed by atoms with van der Waals surface area (Å²) in [5.74, 6) is -2.11. The van der Waals surface area contributed by atoms with Crippen LogP contribution in [0, 0.1) is 0 Å². The van der Waals surface area contributed by atoms with Crippen LogP contribution in [0.4, 0.5) is 18.0 Å². The Morgan fingerprint density at radius 1 is 1.31 bits per heavy atom. The van der Waals surface area contributed by atoms with E-state index in [0.717, 1.165) is 4.90 Å². The van der Waals surface area contributed by atoms with Crippen LogP contribution in [0.25, 0.3) is 0 Å². The summed E-state index contributed by atoms with van der Waals surface area (Å²) in [4.78, 5) is 22.1. The van der Waals surface area contributed by atoms with Gasteiger partial charge in [-0.25, -0.2) is 4.79 Å². The molecule has 0 bridgehead atoms. The molecule has 1 saturated heterocycles. The molecule has 2 amide bonds. The van der Waals surface area contributed by atoms with E-state index in [1.807, 2.05) is 0 Å². The van der Waals surface area contributed by atoms with Crippen molar-refractivity contribution >= 4 is 12.0 Å². The van der Waals surface area contributed by atoms with Crippen LogP contribution in [0.15, 0.2) is 0 Å². The Morgan fingerprint density at radius 3 is 2.44 bits per heavy atom. The van der Waals surface area contributed by atoms with Crippen molar-refractivity contribution in [3.8, 4) is 0 Å². The van der Waals surface area contributed by atoms with E-state index in [0.29, 0.717) is 12.8 Å². The van der Waals surface area contributed by atoms with Gasteiger partial charge >= 0.3 is 18.2 Å². The molecule has 1 heterocycles. The predicted molar refractivity (Wildman–Crippen MR) is 46.6 cm³/mol. The standard InChI is InChI=1S/C8H11F3N2O3/c9-8(10,11)6(14)12-5-3-1-2-4-13(5)7(15)16/h5H,1-4H2,(H,12,14)(H,15,16). The van der Waals surface area contributed by atoms with Crippen molar-refractivity contribution in [2.75, 3.05) is 6.54 Å². The summed E-state index contributed by atoms with van der Waals surface area (Å²) < 4.78 is 35.9. The molecule has 5 nitrogen and oxygen atoms in total. The van der Waals surface area contributed by atoms with E-state index >= 15 is 0 Å². The van der Waals surface area contributed by atoms with Gasteiger partial charge in [-0.2, -0.15) is 13.2 Å². The summed E-state index contributed by atoms with van der Waals surface area (Å²) in [5.41, 5.74) is 0. The molecule has 0 aliphatic carbocycles. The molecule has 8 heteroatoms. The monoisotopic (exact) mass is 240 g/mol. The molecule has 0 saturated carbocycles. The summed E-state index contributed by atoms with van der Waals surface area (Å²) in [6.45, 7) is 0.137. The lowest BCUT2D eigenvalue weighted by Gasteiger charge is -2.33. The fourth-order valence-corrected chi connectivity index (χ4v) is 1.54. The second-order valence-electron chi connectivity index (χ2n) is 3.46. The Bertz CT molecular complexity index is 293. The topological polar surface area (TPSA) is 69.6 Å². The molecule has 0 radical (unpaired) electrons. The summed E-state index contributed by atoms with van der Waals surface area (Å²) in [5, 5.41) is 10.4. The lowest BCUT2D eigenvalue weighted by Crippen LogP contribution is -2.55. The molecule has 92 valence electrons. The minimum Gasteiger partial charge on any atom is -0.465 e. The highest BCUT2D eigenvalue weighted by molar-refractivity contribution is 5.82. The fraction of sp³-hybridized carbons (Fsp3) is 0.750. The number of hydrogen-bond acceptors (Lipinski definition) is 2.